The summed E-state index contributed by atoms with van der Waals surface area (Å²) in [7, 11) is 1.70. The molecule has 0 aliphatic heterocycles. The lowest BCUT2D eigenvalue weighted by atomic mass is 9.67. The molecule has 0 amide bonds. The van der Waals surface area contributed by atoms with Crippen LogP contribution >= 0.6 is 11.3 Å². The van der Waals surface area contributed by atoms with Crippen LogP contribution in [-0.2, 0) is 17.5 Å². The molecule has 9 heteroatoms. The summed E-state index contributed by atoms with van der Waals surface area (Å²) in [6, 6.07) is 0. The second kappa shape index (κ2) is 8.84. The zero-order chi connectivity index (χ0) is 18.3. The number of guanidine groups is 1. The molecule has 1 aliphatic rings. The molecular weight excluding hydrogens is 353 g/mol. The number of nitrogens with zero attached hydrogens (tertiary/aromatic N) is 2. The Bertz CT molecular complexity index is 570. The summed E-state index contributed by atoms with van der Waals surface area (Å²) in [5.41, 5.74) is -0.620. The van der Waals surface area contributed by atoms with Crippen LogP contribution in [0.1, 0.15) is 43.3 Å². The Morgan fingerprint density at radius 2 is 2.16 bits per heavy atom. The van der Waals surface area contributed by atoms with Crippen LogP contribution in [-0.4, -0.2) is 37.7 Å². The normalized spacial score (nSPS) is 17.2. The van der Waals surface area contributed by atoms with E-state index in [0.717, 1.165) is 49.1 Å². The number of thiazole rings is 1. The van der Waals surface area contributed by atoms with Crippen molar-refractivity contribution < 1.29 is 17.9 Å². The Morgan fingerprint density at radius 1 is 1.40 bits per heavy atom. The largest absolute Gasteiger partial charge is 0.434 e. The first-order chi connectivity index (χ1) is 11.9. The molecule has 1 aromatic rings. The maximum Gasteiger partial charge on any atom is 0.434 e. The molecule has 1 aliphatic carbocycles. The Labute approximate surface area is 150 Å². The van der Waals surface area contributed by atoms with Crippen LogP contribution in [0.4, 0.5) is 13.2 Å². The van der Waals surface area contributed by atoms with E-state index in [-0.39, 0.29) is 12.0 Å². The summed E-state index contributed by atoms with van der Waals surface area (Å²) in [6.07, 6.45) is 0.128. The zero-order valence-corrected chi connectivity index (χ0v) is 15.4. The van der Waals surface area contributed by atoms with Crippen molar-refractivity contribution in [1.29, 1.82) is 0 Å². The second-order valence-electron chi connectivity index (χ2n) is 6.27. The first kappa shape index (κ1) is 20.0. The molecule has 1 fully saturated rings. The molecule has 0 spiro atoms. The van der Waals surface area contributed by atoms with Crippen molar-refractivity contribution in [3.63, 3.8) is 0 Å². The predicted octanol–water partition coefficient (Wildman–Crippen LogP) is 3.42. The molecule has 0 saturated heterocycles. The predicted molar refractivity (Wildman–Crippen MR) is 92.7 cm³/mol. The smallest absolute Gasteiger partial charge is 0.385 e. The molecule has 0 unspecified atom stereocenters. The third kappa shape index (κ3) is 5.85. The molecule has 0 radical (unpaired) electrons. The Morgan fingerprint density at radius 3 is 2.68 bits per heavy atom. The average Bonchev–Trinajstić information content (AvgIpc) is 3.00. The molecule has 1 aromatic heterocycles. The Balaban J connectivity index is 1.92. The summed E-state index contributed by atoms with van der Waals surface area (Å²) < 4.78 is 43.0. The summed E-state index contributed by atoms with van der Waals surface area (Å²) in [5, 5.41) is 7.82. The standard InChI is InChI=1S/C16H25F3N4OS/c1-3-20-14(22-11-15(5-4-6-15)7-8-24-2)21-9-13-23-12(10-25-13)16(17,18)19/h10H,3-9,11H2,1-2H3,(H2,20,21,22). The first-order valence-electron chi connectivity index (χ1n) is 8.41. The second-order valence-corrected chi connectivity index (χ2v) is 7.21. The molecular formula is C16H25F3N4OS. The van der Waals surface area contributed by atoms with E-state index in [2.05, 4.69) is 20.6 Å². The molecule has 1 heterocycles. The summed E-state index contributed by atoms with van der Waals surface area (Å²) in [4.78, 5) is 7.97. The Kier molecular flexibility index (Phi) is 7.06. The van der Waals surface area contributed by atoms with Crippen LogP contribution in [0, 0.1) is 5.41 Å². The number of ether oxygens (including phenoxy) is 1. The van der Waals surface area contributed by atoms with Gasteiger partial charge in [-0.15, -0.1) is 11.3 Å². The first-order valence-corrected chi connectivity index (χ1v) is 9.29. The average molecular weight is 378 g/mol. The fourth-order valence-corrected chi connectivity index (χ4v) is 3.51. The minimum absolute atomic E-state index is 0.126. The van der Waals surface area contributed by atoms with E-state index >= 15 is 0 Å². The van der Waals surface area contributed by atoms with Crippen molar-refractivity contribution in [3.8, 4) is 0 Å². The van der Waals surface area contributed by atoms with Gasteiger partial charge in [-0.25, -0.2) is 9.98 Å². The maximum absolute atomic E-state index is 12.6. The lowest BCUT2D eigenvalue weighted by Gasteiger charge is -2.42. The molecule has 25 heavy (non-hydrogen) atoms. The maximum atomic E-state index is 12.6. The highest BCUT2D eigenvalue weighted by Crippen LogP contribution is 2.43. The fourth-order valence-electron chi connectivity index (χ4n) is 2.78. The van der Waals surface area contributed by atoms with Gasteiger partial charge in [-0.3, -0.25) is 0 Å². The van der Waals surface area contributed by atoms with Crippen molar-refractivity contribution in [3.05, 3.63) is 16.1 Å². The number of hydrogen-bond acceptors (Lipinski definition) is 4. The van der Waals surface area contributed by atoms with Gasteiger partial charge in [-0.05, 0) is 31.6 Å². The van der Waals surface area contributed by atoms with Gasteiger partial charge in [-0.2, -0.15) is 13.2 Å². The molecule has 0 atom stereocenters. The van der Waals surface area contributed by atoms with Gasteiger partial charge in [-0.1, -0.05) is 6.42 Å². The van der Waals surface area contributed by atoms with Crippen LogP contribution in [0.5, 0.6) is 0 Å². The summed E-state index contributed by atoms with van der Waals surface area (Å²) in [6.45, 7) is 4.28. The molecule has 142 valence electrons. The summed E-state index contributed by atoms with van der Waals surface area (Å²) >= 11 is 0.977. The lowest BCUT2D eigenvalue weighted by Crippen LogP contribution is -2.46. The number of nitrogens with one attached hydrogen (secondary N) is 2. The lowest BCUT2D eigenvalue weighted by molar-refractivity contribution is -0.140. The van der Waals surface area contributed by atoms with Crippen molar-refractivity contribution in [2.45, 2.75) is 45.3 Å². The van der Waals surface area contributed by atoms with Crippen molar-refractivity contribution in [2.75, 3.05) is 26.8 Å². The van der Waals surface area contributed by atoms with Crippen LogP contribution < -0.4 is 10.6 Å². The van der Waals surface area contributed by atoms with E-state index in [1.165, 1.54) is 6.42 Å². The monoisotopic (exact) mass is 378 g/mol. The van der Waals surface area contributed by atoms with E-state index < -0.39 is 11.9 Å². The molecule has 2 N–H and O–H groups in total. The molecule has 0 bridgehead atoms. The van der Waals surface area contributed by atoms with Crippen LogP contribution in [0.15, 0.2) is 10.4 Å². The van der Waals surface area contributed by atoms with E-state index in [4.69, 9.17) is 4.74 Å². The minimum Gasteiger partial charge on any atom is -0.385 e. The number of aromatic nitrogens is 1. The third-order valence-corrected chi connectivity index (χ3v) is 5.27. The highest BCUT2D eigenvalue weighted by Gasteiger charge is 2.36. The number of rotatable bonds is 8. The van der Waals surface area contributed by atoms with Crippen molar-refractivity contribution >= 4 is 17.3 Å². The Hall–Kier alpha value is -1.35. The van der Waals surface area contributed by atoms with Crippen molar-refractivity contribution in [1.82, 2.24) is 15.6 Å². The van der Waals surface area contributed by atoms with E-state index in [1.54, 1.807) is 7.11 Å². The van der Waals surface area contributed by atoms with Gasteiger partial charge < -0.3 is 15.4 Å². The SMILES string of the molecule is CCNC(=NCc1nc(C(F)(F)F)cs1)NCC1(CCOC)CCC1. The van der Waals surface area contributed by atoms with Crippen LogP contribution in [0.25, 0.3) is 0 Å². The van der Waals surface area contributed by atoms with E-state index in [0.29, 0.717) is 17.5 Å². The molecule has 2 rings (SSSR count). The number of methoxy groups -OCH3 is 1. The van der Waals surface area contributed by atoms with E-state index in [9.17, 15) is 13.2 Å². The number of alkyl halides is 3. The number of halogens is 3. The molecule has 1 saturated carbocycles. The third-order valence-electron chi connectivity index (χ3n) is 4.44. The molecule has 5 nitrogen and oxygen atoms in total. The van der Waals surface area contributed by atoms with Gasteiger partial charge in [0.05, 0.1) is 6.54 Å². The number of aliphatic imine (C=N–C) groups is 1. The fraction of sp³-hybridized carbons (Fsp3) is 0.750. The van der Waals surface area contributed by atoms with Crippen LogP contribution in [0.2, 0.25) is 0 Å². The van der Waals surface area contributed by atoms with Crippen molar-refractivity contribution in [2.24, 2.45) is 10.4 Å². The van der Waals surface area contributed by atoms with E-state index in [1.807, 2.05) is 6.92 Å². The van der Waals surface area contributed by atoms with Gasteiger partial charge in [0.15, 0.2) is 11.7 Å². The summed E-state index contributed by atoms with van der Waals surface area (Å²) in [5.74, 6) is 0.606. The quantitative estimate of drug-likeness (QED) is 0.538. The highest BCUT2D eigenvalue weighted by atomic mass is 32.1. The topological polar surface area (TPSA) is 58.5 Å². The van der Waals surface area contributed by atoms with Crippen LogP contribution in [0.3, 0.4) is 0 Å². The van der Waals surface area contributed by atoms with Gasteiger partial charge in [0.25, 0.3) is 0 Å². The highest BCUT2D eigenvalue weighted by molar-refractivity contribution is 7.09. The zero-order valence-electron chi connectivity index (χ0n) is 14.6. The number of hydrogen-bond donors (Lipinski definition) is 2. The minimum atomic E-state index is -4.40. The molecule has 0 aromatic carbocycles. The van der Waals surface area contributed by atoms with Gasteiger partial charge in [0.1, 0.15) is 5.01 Å². The van der Waals surface area contributed by atoms with Gasteiger partial charge in [0, 0.05) is 32.2 Å². The van der Waals surface area contributed by atoms with Gasteiger partial charge in [0.2, 0.25) is 0 Å². The van der Waals surface area contributed by atoms with Gasteiger partial charge >= 0.3 is 6.18 Å².